The highest BCUT2D eigenvalue weighted by atomic mass is 16.5. The Bertz CT molecular complexity index is 204. The van der Waals surface area contributed by atoms with Crippen molar-refractivity contribution in [3.63, 3.8) is 0 Å². The lowest BCUT2D eigenvalue weighted by molar-refractivity contribution is -0.153. The molecule has 1 aliphatic heterocycles. The number of rotatable bonds is 2. The zero-order valence-electron chi connectivity index (χ0n) is 6.74. The highest BCUT2D eigenvalue weighted by Gasteiger charge is 2.38. The SMILES string of the molecule is COC(=O)[C@H]1CNC[C@@H]1C(=O)O. The maximum absolute atomic E-state index is 11.0. The largest absolute Gasteiger partial charge is 0.481 e. The van der Waals surface area contributed by atoms with Crippen LogP contribution in [0, 0.1) is 11.8 Å². The fourth-order valence-electron chi connectivity index (χ4n) is 1.34. The van der Waals surface area contributed by atoms with Gasteiger partial charge in [-0.1, -0.05) is 0 Å². The molecule has 0 aromatic rings. The predicted molar refractivity (Wildman–Crippen MR) is 39.5 cm³/mol. The van der Waals surface area contributed by atoms with Crippen molar-refractivity contribution in [1.82, 2.24) is 5.32 Å². The number of esters is 1. The molecule has 1 aliphatic rings. The second kappa shape index (κ2) is 3.53. The smallest absolute Gasteiger partial charge is 0.310 e. The van der Waals surface area contributed by atoms with Gasteiger partial charge < -0.3 is 15.2 Å². The summed E-state index contributed by atoms with van der Waals surface area (Å²) >= 11 is 0. The molecule has 0 amide bonds. The van der Waals surface area contributed by atoms with Crippen LogP contribution in [0.25, 0.3) is 0 Å². The number of carbonyl (C=O) groups is 2. The van der Waals surface area contributed by atoms with Crippen LogP contribution in [0.2, 0.25) is 0 Å². The number of carboxylic acids is 1. The molecule has 0 spiro atoms. The Morgan fingerprint density at radius 1 is 1.42 bits per heavy atom. The van der Waals surface area contributed by atoms with Crippen LogP contribution in [0.1, 0.15) is 0 Å². The van der Waals surface area contributed by atoms with Crippen LogP contribution in [0.15, 0.2) is 0 Å². The van der Waals surface area contributed by atoms with E-state index in [9.17, 15) is 9.59 Å². The number of aliphatic carboxylic acids is 1. The molecule has 0 saturated carbocycles. The second-order valence-electron chi connectivity index (χ2n) is 2.73. The monoisotopic (exact) mass is 173 g/mol. The summed E-state index contributed by atoms with van der Waals surface area (Å²) < 4.78 is 4.47. The Hall–Kier alpha value is -1.10. The molecule has 0 radical (unpaired) electrons. The third kappa shape index (κ3) is 1.55. The van der Waals surface area contributed by atoms with E-state index in [0.717, 1.165) is 0 Å². The van der Waals surface area contributed by atoms with Crippen LogP contribution in [0.5, 0.6) is 0 Å². The number of carbonyl (C=O) groups excluding carboxylic acids is 1. The number of ether oxygens (including phenoxy) is 1. The summed E-state index contributed by atoms with van der Waals surface area (Å²) in [5.41, 5.74) is 0. The first-order valence-electron chi connectivity index (χ1n) is 3.68. The summed E-state index contributed by atoms with van der Waals surface area (Å²) in [7, 11) is 1.26. The van der Waals surface area contributed by atoms with Gasteiger partial charge in [0.2, 0.25) is 0 Å². The molecule has 1 rings (SSSR count). The average molecular weight is 173 g/mol. The van der Waals surface area contributed by atoms with Crippen LogP contribution in [-0.2, 0) is 14.3 Å². The van der Waals surface area contributed by atoms with Gasteiger partial charge >= 0.3 is 11.9 Å². The summed E-state index contributed by atoms with van der Waals surface area (Å²) in [5, 5.41) is 11.5. The number of methoxy groups -OCH3 is 1. The van der Waals surface area contributed by atoms with Crippen molar-refractivity contribution in [1.29, 1.82) is 0 Å². The van der Waals surface area contributed by atoms with E-state index in [1.54, 1.807) is 0 Å². The van der Waals surface area contributed by atoms with E-state index in [0.29, 0.717) is 13.1 Å². The first kappa shape index (κ1) is 8.99. The molecular weight excluding hydrogens is 162 g/mol. The van der Waals surface area contributed by atoms with Crippen molar-refractivity contribution in [2.24, 2.45) is 11.8 Å². The molecule has 0 aromatic heterocycles. The van der Waals surface area contributed by atoms with Gasteiger partial charge in [-0.15, -0.1) is 0 Å². The Morgan fingerprint density at radius 3 is 2.50 bits per heavy atom. The summed E-state index contributed by atoms with van der Waals surface area (Å²) in [4.78, 5) is 21.6. The molecule has 0 unspecified atom stereocenters. The van der Waals surface area contributed by atoms with E-state index in [1.165, 1.54) is 7.11 Å². The molecule has 0 aromatic carbocycles. The maximum Gasteiger partial charge on any atom is 0.310 e. The van der Waals surface area contributed by atoms with Gasteiger partial charge in [-0.2, -0.15) is 0 Å². The zero-order chi connectivity index (χ0) is 9.14. The fourth-order valence-corrected chi connectivity index (χ4v) is 1.34. The van der Waals surface area contributed by atoms with E-state index in [1.807, 2.05) is 0 Å². The van der Waals surface area contributed by atoms with E-state index >= 15 is 0 Å². The second-order valence-corrected chi connectivity index (χ2v) is 2.73. The highest BCUT2D eigenvalue weighted by molar-refractivity contribution is 5.82. The van der Waals surface area contributed by atoms with E-state index < -0.39 is 23.8 Å². The lowest BCUT2D eigenvalue weighted by atomic mass is 9.97. The first-order valence-corrected chi connectivity index (χ1v) is 3.68. The number of carboxylic acid groups (broad SMARTS) is 1. The lowest BCUT2D eigenvalue weighted by Gasteiger charge is -2.10. The van der Waals surface area contributed by atoms with Crippen molar-refractivity contribution < 1.29 is 19.4 Å². The van der Waals surface area contributed by atoms with Crippen LogP contribution < -0.4 is 5.32 Å². The number of hydrogen-bond donors (Lipinski definition) is 2. The minimum absolute atomic E-state index is 0.342. The van der Waals surface area contributed by atoms with Gasteiger partial charge in [-0.25, -0.2) is 0 Å². The highest BCUT2D eigenvalue weighted by Crippen LogP contribution is 2.17. The quantitative estimate of drug-likeness (QED) is 0.528. The van der Waals surface area contributed by atoms with Gasteiger partial charge in [0.1, 0.15) is 0 Å². The number of hydrogen-bond acceptors (Lipinski definition) is 4. The van der Waals surface area contributed by atoms with Crippen molar-refractivity contribution in [2.45, 2.75) is 0 Å². The Balaban J connectivity index is 2.63. The van der Waals surface area contributed by atoms with Crippen LogP contribution in [-0.4, -0.2) is 37.2 Å². The van der Waals surface area contributed by atoms with Gasteiger partial charge in [0.05, 0.1) is 18.9 Å². The third-order valence-corrected chi connectivity index (χ3v) is 2.04. The third-order valence-electron chi connectivity index (χ3n) is 2.04. The first-order chi connectivity index (χ1) is 5.66. The molecule has 12 heavy (non-hydrogen) atoms. The van der Waals surface area contributed by atoms with Crippen molar-refractivity contribution >= 4 is 11.9 Å². The van der Waals surface area contributed by atoms with E-state index in [-0.39, 0.29) is 0 Å². The topological polar surface area (TPSA) is 75.6 Å². The lowest BCUT2D eigenvalue weighted by Crippen LogP contribution is -2.29. The predicted octanol–water partition coefficient (Wildman–Crippen LogP) is -0.920. The molecule has 68 valence electrons. The molecule has 0 bridgehead atoms. The van der Waals surface area contributed by atoms with E-state index in [2.05, 4.69) is 10.1 Å². The summed E-state index contributed by atoms with van der Waals surface area (Å²) in [5.74, 6) is -2.58. The number of nitrogens with one attached hydrogen (secondary N) is 1. The standard InChI is InChI=1S/C7H11NO4/c1-12-7(11)5-3-8-2-4(5)6(9)10/h4-5,8H,2-3H2,1H3,(H,9,10)/t4-,5-/m0/s1. The molecule has 0 aliphatic carbocycles. The molecule has 5 nitrogen and oxygen atoms in total. The molecule has 1 saturated heterocycles. The Morgan fingerprint density at radius 2 is 2.00 bits per heavy atom. The molecule has 2 N–H and O–H groups in total. The average Bonchev–Trinajstić information content (AvgIpc) is 2.50. The fraction of sp³-hybridized carbons (Fsp3) is 0.714. The Labute approximate surface area is 69.7 Å². The molecular formula is C7H11NO4. The molecule has 1 fully saturated rings. The molecule has 1 heterocycles. The van der Waals surface area contributed by atoms with Crippen molar-refractivity contribution in [3.8, 4) is 0 Å². The summed E-state index contributed by atoms with van der Waals surface area (Å²) in [6, 6.07) is 0. The maximum atomic E-state index is 11.0. The van der Waals surface area contributed by atoms with Crippen molar-refractivity contribution in [2.75, 3.05) is 20.2 Å². The summed E-state index contributed by atoms with van der Waals surface area (Å²) in [6.07, 6.45) is 0. The zero-order valence-corrected chi connectivity index (χ0v) is 6.74. The Kier molecular flexibility index (Phi) is 2.65. The molecule has 5 heteroatoms. The van der Waals surface area contributed by atoms with E-state index in [4.69, 9.17) is 5.11 Å². The van der Waals surface area contributed by atoms with Gasteiger partial charge in [-0.3, -0.25) is 9.59 Å². The van der Waals surface area contributed by atoms with Crippen LogP contribution in [0.4, 0.5) is 0 Å². The van der Waals surface area contributed by atoms with Gasteiger partial charge in [-0.05, 0) is 0 Å². The minimum Gasteiger partial charge on any atom is -0.481 e. The normalized spacial score (nSPS) is 28.4. The molecule has 2 atom stereocenters. The van der Waals surface area contributed by atoms with Crippen LogP contribution in [0.3, 0.4) is 0 Å². The summed E-state index contributed by atoms with van der Waals surface area (Å²) in [6.45, 7) is 0.735. The van der Waals surface area contributed by atoms with Crippen molar-refractivity contribution in [3.05, 3.63) is 0 Å². The van der Waals surface area contributed by atoms with Gasteiger partial charge in [0.25, 0.3) is 0 Å². The van der Waals surface area contributed by atoms with Gasteiger partial charge in [0.15, 0.2) is 0 Å². The van der Waals surface area contributed by atoms with Gasteiger partial charge in [0, 0.05) is 13.1 Å². The van der Waals surface area contributed by atoms with Crippen LogP contribution >= 0.6 is 0 Å². The minimum atomic E-state index is -0.949.